The molecule has 0 radical (unpaired) electrons. The van der Waals surface area contributed by atoms with Gasteiger partial charge in [0.15, 0.2) is 28.0 Å². The Balaban J connectivity index is 1.68. The van der Waals surface area contributed by atoms with Gasteiger partial charge in [-0.25, -0.2) is 12.8 Å². The van der Waals surface area contributed by atoms with Crippen molar-refractivity contribution in [3.63, 3.8) is 0 Å². The summed E-state index contributed by atoms with van der Waals surface area (Å²) in [7, 11) is -3.07. The molecule has 1 aliphatic rings. The van der Waals surface area contributed by atoms with E-state index in [4.69, 9.17) is 4.74 Å². The zero-order valence-corrected chi connectivity index (χ0v) is 13.1. The number of hydrogen-bond acceptors (Lipinski definition) is 5. The van der Waals surface area contributed by atoms with Crippen molar-refractivity contribution < 1.29 is 27.1 Å². The van der Waals surface area contributed by atoms with Crippen molar-refractivity contribution in [1.82, 2.24) is 10.6 Å². The third kappa shape index (κ3) is 5.51. The van der Waals surface area contributed by atoms with E-state index >= 15 is 0 Å². The fraction of sp³-hybridized carbons (Fsp3) is 0.429. The van der Waals surface area contributed by atoms with E-state index < -0.39 is 40.1 Å². The fourth-order valence-corrected chi connectivity index (χ4v) is 3.80. The number of sulfone groups is 1. The van der Waals surface area contributed by atoms with Crippen molar-refractivity contribution in [3.05, 3.63) is 30.1 Å². The quantitative estimate of drug-likeness (QED) is 0.733. The van der Waals surface area contributed by atoms with Crippen LogP contribution in [-0.4, -0.2) is 50.9 Å². The standard InChI is InChI=1S/C14H17FN2O5S/c15-11-3-1-2-4-12(11)22-8-14(19)16-7-13(18)17-10-5-6-23(20,21)9-10/h1-4,10H,5-9H2,(H,16,19)(H,17,18). The first-order valence-electron chi connectivity index (χ1n) is 6.99. The van der Waals surface area contributed by atoms with E-state index in [9.17, 15) is 22.4 Å². The Morgan fingerprint density at radius 3 is 2.65 bits per heavy atom. The Labute approximate surface area is 133 Å². The second kappa shape index (κ2) is 7.40. The van der Waals surface area contributed by atoms with Gasteiger partial charge in [-0.3, -0.25) is 9.59 Å². The number of halogens is 1. The second-order valence-corrected chi connectivity index (χ2v) is 7.39. The summed E-state index contributed by atoms with van der Waals surface area (Å²) in [4.78, 5) is 23.2. The average Bonchev–Trinajstić information content (AvgIpc) is 2.83. The number of amides is 2. The summed E-state index contributed by atoms with van der Waals surface area (Å²) in [6, 6.07) is 5.24. The summed E-state index contributed by atoms with van der Waals surface area (Å²) >= 11 is 0. The van der Waals surface area contributed by atoms with Gasteiger partial charge >= 0.3 is 0 Å². The minimum absolute atomic E-state index is 0.0525. The first kappa shape index (κ1) is 17.2. The molecular weight excluding hydrogens is 327 g/mol. The van der Waals surface area contributed by atoms with Crippen LogP contribution < -0.4 is 15.4 Å². The molecule has 2 N–H and O–H groups in total. The van der Waals surface area contributed by atoms with E-state index in [0.29, 0.717) is 6.42 Å². The van der Waals surface area contributed by atoms with Crippen LogP contribution in [0.4, 0.5) is 4.39 Å². The summed E-state index contributed by atoms with van der Waals surface area (Å²) in [5, 5.41) is 4.86. The van der Waals surface area contributed by atoms with E-state index in [1.165, 1.54) is 18.2 Å². The molecule has 1 saturated heterocycles. The Hall–Kier alpha value is -2.16. The SMILES string of the molecule is O=C(COc1ccccc1F)NCC(=O)NC1CCS(=O)(=O)C1. The van der Waals surface area contributed by atoms with Gasteiger partial charge in [-0.1, -0.05) is 12.1 Å². The highest BCUT2D eigenvalue weighted by Crippen LogP contribution is 2.14. The molecule has 1 aliphatic heterocycles. The maximum Gasteiger partial charge on any atom is 0.258 e. The van der Waals surface area contributed by atoms with Gasteiger partial charge < -0.3 is 15.4 Å². The summed E-state index contributed by atoms with van der Waals surface area (Å²) in [5.74, 6) is -1.72. The second-order valence-electron chi connectivity index (χ2n) is 5.16. The molecule has 2 rings (SSSR count). The smallest absolute Gasteiger partial charge is 0.258 e. The zero-order chi connectivity index (χ0) is 16.9. The molecule has 2 amide bonds. The van der Waals surface area contributed by atoms with Crippen LogP contribution in [-0.2, 0) is 19.4 Å². The first-order chi connectivity index (χ1) is 10.9. The van der Waals surface area contributed by atoms with E-state index in [2.05, 4.69) is 10.6 Å². The Morgan fingerprint density at radius 2 is 2.00 bits per heavy atom. The van der Waals surface area contributed by atoms with Crippen LogP contribution in [0.1, 0.15) is 6.42 Å². The van der Waals surface area contributed by atoms with Crippen molar-refractivity contribution in [2.24, 2.45) is 0 Å². The van der Waals surface area contributed by atoms with Crippen LogP contribution in [0.2, 0.25) is 0 Å². The lowest BCUT2D eigenvalue weighted by atomic mass is 10.2. The van der Waals surface area contributed by atoms with E-state index in [0.717, 1.165) is 0 Å². The Kier molecular flexibility index (Phi) is 5.54. The molecule has 7 nitrogen and oxygen atoms in total. The van der Waals surface area contributed by atoms with Gasteiger partial charge in [0.1, 0.15) is 0 Å². The number of carbonyl (C=O) groups excluding carboxylic acids is 2. The van der Waals surface area contributed by atoms with Crippen molar-refractivity contribution >= 4 is 21.7 Å². The van der Waals surface area contributed by atoms with Crippen molar-refractivity contribution in [3.8, 4) is 5.75 Å². The van der Waals surface area contributed by atoms with E-state index in [1.54, 1.807) is 6.07 Å². The molecule has 1 aromatic rings. The Morgan fingerprint density at radius 1 is 1.26 bits per heavy atom. The normalized spacial score (nSPS) is 19.1. The van der Waals surface area contributed by atoms with Crippen LogP contribution in [0.5, 0.6) is 5.75 Å². The van der Waals surface area contributed by atoms with E-state index in [-0.39, 0.29) is 23.8 Å². The molecule has 0 saturated carbocycles. The highest BCUT2D eigenvalue weighted by atomic mass is 32.2. The zero-order valence-electron chi connectivity index (χ0n) is 12.2. The molecule has 0 aromatic heterocycles. The van der Waals surface area contributed by atoms with Gasteiger partial charge in [-0.15, -0.1) is 0 Å². The summed E-state index contributed by atoms with van der Waals surface area (Å²) < 4.78 is 40.8. The fourth-order valence-electron chi connectivity index (χ4n) is 2.12. The molecule has 1 unspecified atom stereocenters. The topological polar surface area (TPSA) is 102 Å². The van der Waals surface area contributed by atoms with Crippen molar-refractivity contribution in [2.45, 2.75) is 12.5 Å². The van der Waals surface area contributed by atoms with Crippen LogP contribution in [0, 0.1) is 5.82 Å². The average molecular weight is 344 g/mol. The number of benzene rings is 1. The number of para-hydroxylation sites is 1. The number of carbonyl (C=O) groups is 2. The maximum atomic E-state index is 13.3. The highest BCUT2D eigenvalue weighted by molar-refractivity contribution is 7.91. The van der Waals surface area contributed by atoms with Crippen LogP contribution in [0.25, 0.3) is 0 Å². The molecule has 0 bridgehead atoms. The van der Waals surface area contributed by atoms with E-state index in [1.807, 2.05) is 0 Å². The van der Waals surface area contributed by atoms with Gasteiger partial charge in [-0.2, -0.15) is 0 Å². The summed E-state index contributed by atoms with van der Waals surface area (Å²) in [6.45, 7) is -0.720. The number of ether oxygens (including phenoxy) is 1. The third-order valence-electron chi connectivity index (χ3n) is 3.24. The molecular formula is C14H17FN2O5S. The lowest BCUT2D eigenvalue weighted by Gasteiger charge is -2.11. The van der Waals surface area contributed by atoms with Crippen molar-refractivity contribution in [2.75, 3.05) is 24.7 Å². The van der Waals surface area contributed by atoms with Crippen molar-refractivity contribution in [1.29, 1.82) is 0 Å². The monoisotopic (exact) mass is 344 g/mol. The highest BCUT2D eigenvalue weighted by Gasteiger charge is 2.28. The van der Waals surface area contributed by atoms with Gasteiger partial charge in [0.25, 0.3) is 5.91 Å². The molecule has 0 spiro atoms. The minimum atomic E-state index is -3.07. The molecule has 1 aromatic carbocycles. The Bertz CT molecular complexity index is 692. The molecule has 126 valence electrons. The number of hydrogen-bond donors (Lipinski definition) is 2. The lowest BCUT2D eigenvalue weighted by Crippen LogP contribution is -2.43. The molecule has 23 heavy (non-hydrogen) atoms. The van der Waals surface area contributed by atoms with Crippen LogP contribution in [0.3, 0.4) is 0 Å². The molecule has 1 fully saturated rings. The largest absolute Gasteiger partial charge is 0.481 e. The lowest BCUT2D eigenvalue weighted by molar-refractivity contribution is -0.127. The maximum absolute atomic E-state index is 13.3. The molecule has 1 atom stereocenters. The molecule has 9 heteroatoms. The third-order valence-corrected chi connectivity index (χ3v) is 5.01. The van der Waals surface area contributed by atoms with Gasteiger partial charge in [0.05, 0.1) is 18.1 Å². The van der Waals surface area contributed by atoms with Gasteiger partial charge in [0, 0.05) is 6.04 Å². The summed E-state index contributed by atoms with van der Waals surface area (Å²) in [5.41, 5.74) is 0. The van der Waals surface area contributed by atoms with Crippen LogP contribution >= 0.6 is 0 Å². The van der Waals surface area contributed by atoms with Crippen LogP contribution in [0.15, 0.2) is 24.3 Å². The molecule has 1 heterocycles. The molecule has 0 aliphatic carbocycles. The number of nitrogens with one attached hydrogen (secondary N) is 2. The first-order valence-corrected chi connectivity index (χ1v) is 8.82. The minimum Gasteiger partial charge on any atom is -0.481 e. The van der Waals surface area contributed by atoms with Gasteiger partial charge in [0.2, 0.25) is 5.91 Å². The number of rotatable bonds is 6. The van der Waals surface area contributed by atoms with Gasteiger partial charge in [-0.05, 0) is 18.6 Å². The summed E-state index contributed by atoms with van der Waals surface area (Å²) in [6.07, 6.45) is 0.373. The predicted molar refractivity (Wildman–Crippen MR) is 80.1 cm³/mol. The predicted octanol–water partition coefficient (Wildman–Crippen LogP) is -0.376.